The Bertz CT molecular complexity index is 1080. The Morgan fingerprint density at radius 2 is 1.83 bits per heavy atom. The molecule has 1 aliphatic heterocycles. The van der Waals surface area contributed by atoms with Crippen molar-refractivity contribution in [2.24, 2.45) is 5.92 Å². The van der Waals surface area contributed by atoms with Gasteiger partial charge in [0.15, 0.2) is 0 Å². The van der Waals surface area contributed by atoms with Crippen LogP contribution in [-0.4, -0.2) is 41.6 Å². The molecule has 1 saturated heterocycles. The summed E-state index contributed by atoms with van der Waals surface area (Å²) in [6, 6.07) is 14.5. The molecule has 4 rings (SSSR count). The van der Waals surface area contributed by atoms with Crippen LogP contribution in [0.5, 0.6) is 5.75 Å². The van der Waals surface area contributed by atoms with Crippen LogP contribution in [0.2, 0.25) is 0 Å². The standard InChI is InChI=1S/C28H34N2O5/c1-19-14-22(16-24(15-19)34-3)18-29-25(31)28(17-21-10-6-4-7-11-21)26(32)30(27(33)35-28)20(2)23-12-8-5-9-13-23/h4,6-7,10-11,14-16,20,23H,5,8-9,12-13,17-18H2,1-3H3,(H,29,31)/t20-,28-/m1/s1. The normalized spacial score (nSPS) is 21.5. The number of carbonyl (C=O) groups is 3. The molecule has 2 aromatic rings. The molecule has 3 amide bonds. The van der Waals surface area contributed by atoms with E-state index in [1.165, 1.54) is 11.3 Å². The van der Waals surface area contributed by atoms with E-state index in [2.05, 4.69) is 5.32 Å². The van der Waals surface area contributed by atoms with Crippen LogP contribution in [0.1, 0.15) is 55.7 Å². The van der Waals surface area contributed by atoms with Crippen LogP contribution in [-0.2, 0) is 27.3 Å². The maximum atomic E-state index is 13.8. The van der Waals surface area contributed by atoms with Crippen molar-refractivity contribution in [1.29, 1.82) is 0 Å². The summed E-state index contributed by atoms with van der Waals surface area (Å²) in [6.45, 7) is 4.01. The average molecular weight is 479 g/mol. The first-order chi connectivity index (χ1) is 16.8. The van der Waals surface area contributed by atoms with Crippen molar-refractivity contribution in [2.75, 3.05) is 7.11 Å². The minimum Gasteiger partial charge on any atom is -0.497 e. The number of methoxy groups -OCH3 is 1. The fraction of sp³-hybridized carbons (Fsp3) is 0.464. The number of nitrogens with one attached hydrogen (secondary N) is 1. The van der Waals surface area contributed by atoms with E-state index in [4.69, 9.17) is 9.47 Å². The van der Waals surface area contributed by atoms with E-state index in [1.54, 1.807) is 7.11 Å². The molecule has 2 atom stereocenters. The maximum absolute atomic E-state index is 13.8. The van der Waals surface area contributed by atoms with Crippen LogP contribution in [0, 0.1) is 12.8 Å². The second kappa shape index (κ2) is 10.5. The molecule has 0 radical (unpaired) electrons. The molecule has 0 bridgehead atoms. The van der Waals surface area contributed by atoms with Crippen LogP contribution in [0.4, 0.5) is 4.79 Å². The maximum Gasteiger partial charge on any atom is 0.418 e. The first-order valence-electron chi connectivity index (χ1n) is 12.4. The monoisotopic (exact) mass is 478 g/mol. The van der Waals surface area contributed by atoms with E-state index < -0.39 is 23.5 Å². The zero-order valence-corrected chi connectivity index (χ0v) is 20.7. The number of benzene rings is 2. The van der Waals surface area contributed by atoms with E-state index in [-0.39, 0.29) is 24.9 Å². The smallest absolute Gasteiger partial charge is 0.418 e. The van der Waals surface area contributed by atoms with Crippen LogP contribution in [0.3, 0.4) is 0 Å². The molecule has 0 aromatic heterocycles. The third-order valence-corrected chi connectivity index (χ3v) is 7.22. The molecule has 7 nitrogen and oxygen atoms in total. The number of hydrogen-bond donors (Lipinski definition) is 1. The molecule has 2 aliphatic rings. The molecule has 2 fully saturated rings. The first kappa shape index (κ1) is 24.8. The van der Waals surface area contributed by atoms with Gasteiger partial charge in [0.2, 0.25) is 0 Å². The van der Waals surface area contributed by atoms with Gasteiger partial charge in [-0.2, -0.15) is 0 Å². The van der Waals surface area contributed by atoms with Crippen molar-refractivity contribution in [3.63, 3.8) is 0 Å². The van der Waals surface area contributed by atoms with E-state index in [9.17, 15) is 14.4 Å². The van der Waals surface area contributed by atoms with Crippen molar-refractivity contribution >= 4 is 17.9 Å². The van der Waals surface area contributed by atoms with E-state index in [0.29, 0.717) is 5.75 Å². The number of cyclic esters (lactones) is 1. The molecule has 7 heteroatoms. The average Bonchev–Trinajstić information content (AvgIpc) is 3.12. The quantitative estimate of drug-likeness (QED) is 0.563. The number of rotatable bonds is 8. The third-order valence-electron chi connectivity index (χ3n) is 7.22. The number of carbonyl (C=O) groups excluding carboxylic acids is 3. The van der Waals surface area contributed by atoms with Gasteiger partial charge >= 0.3 is 6.09 Å². The SMILES string of the molecule is COc1cc(C)cc(CNC(=O)[C@@]2(Cc3ccccc3)OC(=O)N([C@H](C)C3CCCCC3)C2=O)c1. The van der Waals surface area contributed by atoms with Crippen molar-refractivity contribution in [1.82, 2.24) is 10.2 Å². The number of ether oxygens (including phenoxy) is 2. The number of aryl methyl sites for hydroxylation is 1. The van der Waals surface area contributed by atoms with Gasteiger partial charge in [0, 0.05) is 19.0 Å². The van der Waals surface area contributed by atoms with Crippen molar-refractivity contribution in [2.45, 2.75) is 70.6 Å². The van der Waals surface area contributed by atoms with Gasteiger partial charge in [0.05, 0.1) is 7.11 Å². The Hall–Kier alpha value is -3.35. The molecular formula is C28H34N2O5. The zero-order chi connectivity index (χ0) is 25.0. The second-order valence-electron chi connectivity index (χ2n) is 9.71. The summed E-state index contributed by atoms with van der Waals surface area (Å²) in [6.07, 6.45) is 4.51. The number of imide groups is 1. The van der Waals surface area contributed by atoms with Gasteiger partial charge in [-0.1, -0.05) is 55.7 Å². The summed E-state index contributed by atoms with van der Waals surface area (Å²) >= 11 is 0. The summed E-state index contributed by atoms with van der Waals surface area (Å²) in [5.41, 5.74) is 0.626. The van der Waals surface area contributed by atoms with Crippen molar-refractivity contribution in [3.8, 4) is 5.75 Å². The Morgan fingerprint density at radius 1 is 1.11 bits per heavy atom. The fourth-order valence-corrected chi connectivity index (χ4v) is 5.29. The highest BCUT2D eigenvalue weighted by molar-refractivity contribution is 6.17. The zero-order valence-electron chi connectivity index (χ0n) is 20.7. The van der Waals surface area contributed by atoms with Gasteiger partial charge in [0.25, 0.3) is 17.4 Å². The lowest BCUT2D eigenvalue weighted by Crippen LogP contribution is -2.56. The third kappa shape index (κ3) is 5.19. The van der Waals surface area contributed by atoms with Crippen LogP contribution < -0.4 is 10.1 Å². The van der Waals surface area contributed by atoms with Gasteiger partial charge in [0.1, 0.15) is 5.75 Å². The van der Waals surface area contributed by atoms with E-state index >= 15 is 0 Å². The van der Waals surface area contributed by atoms with Gasteiger partial charge in [-0.25, -0.2) is 9.69 Å². The predicted octanol–water partition coefficient (Wildman–Crippen LogP) is 4.55. The lowest BCUT2D eigenvalue weighted by atomic mass is 9.83. The molecule has 186 valence electrons. The lowest BCUT2D eigenvalue weighted by Gasteiger charge is -2.32. The lowest BCUT2D eigenvalue weighted by molar-refractivity contribution is -0.150. The number of hydrogen-bond acceptors (Lipinski definition) is 5. The van der Waals surface area contributed by atoms with Gasteiger partial charge in [-0.15, -0.1) is 0 Å². The minimum atomic E-state index is -1.94. The molecule has 0 unspecified atom stereocenters. The van der Waals surface area contributed by atoms with E-state index in [1.807, 2.05) is 62.4 Å². The fourth-order valence-electron chi connectivity index (χ4n) is 5.29. The highest BCUT2D eigenvalue weighted by Crippen LogP contribution is 2.36. The predicted molar refractivity (Wildman–Crippen MR) is 132 cm³/mol. The minimum absolute atomic E-state index is 0.0186. The highest BCUT2D eigenvalue weighted by Gasteiger charge is 2.60. The summed E-state index contributed by atoms with van der Waals surface area (Å²) in [5, 5.41) is 2.85. The summed E-state index contributed by atoms with van der Waals surface area (Å²) in [4.78, 5) is 41.7. The Labute approximate surface area is 206 Å². The topological polar surface area (TPSA) is 84.9 Å². The van der Waals surface area contributed by atoms with Gasteiger partial charge in [-0.3, -0.25) is 9.59 Å². The first-order valence-corrected chi connectivity index (χ1v) is 12.4. The summed E-state index contributed by atoms with van der Waals surface area (Å²) < 4.78 is 11.0. The molecule has 1 heterocycles. The molecule has 35 heavy (non-hydrogen) atoms. The van der Waals surface area contributed by atoms with E-state index in [0.717, 1.165) is 42.4 Å². The van der Waals surface area contributed by atoms with Crippen LogP contribution in [0.15, 0.2) is 48.5 Å². The molecule has 0 spiro atoms. The van der Waals surface area contributed by atoms with Crippen molar-refractivity contribution in [3.05, 3.63) is 65.2 Å². The molecule has 2 aromatic carbocycles. The van der Waals surface area contributed by atoms with Crippen molar-refractivity contribution < 1.29 is 23.9 Å². The Kier molecular flexibility index (Phi) is 7.43. The molecule has 1 aliphatic carbocycles. The number of nitrogens with zero attached hydrogens (tertiary/aromatic N) is 1. The summed E-state index contributed by atoms with van der Waals surface area (Å²) in [5.74, 6) is -0.290. The summed E-state index contributed by atoms with van der Waals surface area (Å²) in [7, 11) is 1.59. The van der Waals surface area contributed by atoms with Gasteiger partial charge < -0.3 is 14.8 Å². The molecule has 1 N–H and O–H groups in total. The van der Waals surface area contributed by atoms with Gasteiger partial charge in [-0.05, 0) is 61.4 Å². The van der Waals surface area contributed by atoms with Crippen LogP contribution >= 0.6 is 0 Å². The second-order valence-corrected chi connectivity index (χ2v) is 9.71. The molecule has 1 saturated carbocycles. The Morgan fingerprint density at radius 3 is 2.51 bits per heavy atom. The van der Waals surface area contributed by atoms with Crippen LogP contribution in [0.25, 0.3) is 0 Å². The molecular weight excluding hydrogens is 444 g/mol. The largest absolute Gasteiger partial charge is 0.497 e. The Balaban J connectivity index is 1.60. The number of amides is 3. The highest BCUT2D eigenvalue weighted by atomic mass is 16.6.